The lowest BCUT2D eigenvalue weighted by atomic mass is 10.2. The molecule has 0 N–H and O–H groups in total. The van der Waals surface area contributed by atoms with Crippen molar-refractivity contribution in [1.29, 1.82) is 0 Å². The predicted octanol–water partition coefficient (Wildman–Crippen LogP) is 4.40. The van der Waals surface area contributed by atoms with Crippen LogP contribution < -0.4 is 0 Å². The quantitative estimate of drug-likeness (QED) is 0.611. The van der Waals surface area contributed by atoms with Gasteiger partial charge >= 0.3 is 0 Å². The van der Waals surface area contributed by atoms with Crippen molar-refractivity contribution in [2.24, 2.45) is 0 Å². The molecule has 0 saturated carbocycles. The second kappa shape index (κ2) is 3.22. The number of pyridine rings is 1. The minimum atomic E-state index is 0.635. The van der Waals surface area contributed by atoms with E-state index in [0.29, 0.717) is 10.7 Å². The molecular formula is C11H5BrClNO. The Labute approximate surface area is 99.0 Å². The van der Waals surface area contributed by atoms with Crippen LogP contribution in [0.4, 0.5) is 0 Å². The fraction of sp³-hybridized carbons (Fsp3) is 0. The molecule has 0 saturated heterocycles. The zero-order valence-electron chi connectivity index (χ0n) is 7.50. The summed E-state index contributed by atoms with van der Waals surface area (Å²) >= 11 is 9.50. The maximum atomic E-state index is 6.04. The molecule has 0 amide bonds. The average Bonchev–Trinajstić information content (AvgIpc) is 2.62. The van der Waals surface area contributed by atoms with Gasteiger partial charge in [-0.3, -0.25) is 0 Å². The van der Waals surface area contributed by atoms with Crippen LogP contribution in [0.1, 0.15) is 0 Å². The molecule has 0 aliphatic carbocycles. The lowest BCUT2D eigenvalue weighted by Gasteiger charge is -1.95. The van der Waals surface area contributed by atoms with Crippen molar-refractivity contribution in [3.63, 3.8) is 0 Å². The van der Waals surface area contributed by atoms with Gasteiger partial charge in [-0.25, -0.2) is 4.98 Å². The summed E-state index contributed by atoms with van der Waals surface area (Å²) in [5, 5.41) is 2.63. The van der Waals surface area contributed by atoms with Crippen LogP contribution in [-0.2, 0) is 0 Å². The Morgan fingerprint density at radius 3 is 3.00 bits per heavy atom. The molecule has 0 bridgehead atoms. The fourth-order valence-corrected chi connectivity index (χ4v) is 2.33. The summed E-state index contributed by atoms with van der Waals surface area (Å²) in [4.78, 5) is 4.16. The van der Waals surface area contributed by atoms with Crippen molar-refractivity contribution in [2.45, 2.75) is 0 Å². The van der Waals surface area contributed by atoms with Crippen LogP contribution in [-0.4, -0.2) is 4.98 Å². The van der Waals surface area contributed by atoms with Crippen molar-refractivity contribution in [3.05, 3.63) is 40.0 Å². The van der Waals surface area contributed by atoms with Gasteiger partial charge in [-0.2, -0.15) is 0 Å². The maximum Gasteiger partial charge on any atom is 0.227 e. The van der Waals surface area contributed by atoms with E-state index in [1.165, 1.54) is 0 Å². The Bertz CT molecular complexity index is 662. The van der Waals surface area contributed by atoms with E-state index in [9.17, 15) is 0 Å². The molecule has 4 heteroatoms. The molecule has 3 aromatic rings. The zero-order valence-corrected chi connectivity index (χ0v) is 9.84. The molecular weight excluding hydrogens is 277 g/mol. The van der Waals surface area contributed by atoms with Gasteiger partial charge in [-0.1, -0.05) is 11.6 Å². The third kappa shape index (κ3) is 1.27. The highest BCUT2D eigenvalue weighted by molar-refractivity contribution is 9.10. The van der Waals surface area contributed by atoms with Gasteiger partial charge in [0.05, 0.1) is 5.02 Å². The summed E-state index contributed by atoms with van der Waals surface area (Å²) < 4.78 is 6.44. The topological polar surface area (TPSA) is 26.0 Å². The first kappa shape index (κ1) is 9.19. The van der Waals surface area contributed by atoms with E-state index in [4.69, 9.17) is 16.0 Å². The van der Waals surface area contributed by atoms with Gasteiger partial charge in [0, 0.05) is 21.4 Å². The van der Waals surface area contributed by atoms with Crippen molar-refractivity contribution in [3.8, 4) is 0 Å². The number of rotatable bonds is 0. The first-order valence-corrected chi connectivity index (χ1v) is 5.56. The number of aromatic nitrogens is 1. The van der Waals surface area contributed by atoms with Gasteiger partial charge < -0.3 is 4.42 Å². The molecule has 2 heterocycles. The van der Waals surface area contributed by atoms with Gasteiger partial charge in [0.1, 0.15) is 5.58 Å². The minimum absolute atomic E-state index is 0.635. The second-order valence-electron chi connectivity index (χ2n) is 3.19. The SMILES string of the molecule is Clc1ccc2oc3ncccc3c2c1Br. The zero-order chi connectivity index (χ0) is 10.4. The summed E-state index contributed by atoms with van der Waals surface area (Å²) in [6, 6.07) is 7.50. The summed E-state index contributed by atoms with van der Waals surface area (Å²) in [5.41, 5.74) is 1.43. The molecule has 0 aliphatic rings. The summed E-state index contributed by atoms with van der Waals surface area (Å²) in [7, 11) is 0. The van der Waals surface area contributed by atoms with Gasteiger partial charge in [0.2, 0.25) is 5.71 Å². The molecule has 0 unspecified atom stereocenters. The molecule has 2 aromatic heterocycles. The van der Waals surface area contributed by atoms with Gasteiger partial charge in [0.25, 0.3) is 0 Å². The van der Waals surface area contributed by atoms with E-state index in [1.807, 2.05) is 18.2 Å². The molecule has 0 aliphatic heterocycles. The van der Waals surface area contributed by atoms with Gasteiger partial charge in [-0.05, 0) is 40.2 Å². The van der Waals surface area contributed by atoms with Crippen molar-refractivity contribution < 1.29 is 4.42 Å². The number of halogens is 2. The third-order valence-electron chi connectivity index (χ3n) is 2.30. The van der Waals surface area contributed by atoms with Gasteiger partial charge in [-0.15, -0.1) is 0 Å². The average molecular weight is 283 g/mol. The fourth-order valence-electron chi connectivity index (χ4n) is 1.64. The molecule has 0 atom stereocenters. The summed E-state index contributed by atoms with van der Waals surface area (Å²) in [5.74, 6) is 0. The van der Waals surface area contributed by atoms with E-state index in [-0.39, 0.29) is 0 Å². The van der Waals surface area contributed by atoms with Crippen LogP contribution in [0, 0.1) is 0 Å². The molecule has 0 radical (unpaired) electrons. The van der Waals surface area contributed by atoms with Crippen LogP contribution in [0.2, 0.25) is 5.02 Å². The predicted molar refractivity (Wildman–Crippen MR) is 64.2 cm³/mol. The van der Waals surface area contributed by atoms with E-state index in [1.54, 1.807) is 12.3 Å². The minimum Gasteiger partial charge on any atom is -0.438 e. The van der Waals surface area contributed by atoms with E-state index < -0.39 is 0 Å². The number of nitrogens with zero attached hydrogens (tertiary/aromatic N) is 1. The van der Waals surface area contributed by atoms with Crippen molar-refractivity contribution in [1.82, 2.24) is 4.98 Å². The lowest BCUT2D eigenvalue weighted by molar-refractivity contribution is 0.654. The highest BCUT2D eigenvalue weighted by atomic mass is 79.9. The Morgan fingerprint density at radius 2 is 2.13 bits per heavy atom. The summed E-state index contributed by atoms with van der Waals surface area (Å²) in [6.45, 7) is 0. The molecule has 2 nitrogen and oxygen atoms in total. The Kier molecular flexibility index (Phi) is 1.97. The lowest BCUT2D eigenvalue weighted by Crippen LogP contribution is -1.72. The summed E-state index contributed by atoms with van der Waals surface area (Å²) in [6.07, 6.45) is 1.71. The first-order chi connectivity index (χ1) is 7.27. The van der Waals surface area contributed by atoms with E-state index in [0.717, 1.165) is 20.8 Å². The number of hydrogen-bond donors (Lipinski definition) is 0. The van der Waals surface area contributed by atoms with Crippen LogP contribution in [0.25, 0.3) is 22.1 Å². The smallest absolute Gasteiger partial charge is 0.227 e. The van der Waals surface area contributed by atoms with Crippen LogP contribution in [0.15, 0.2) is 39.4 Å². The highest BCUT2D eigenvalue weighted by Gasteiger charge is 2.12. The second-order valence-corrected chi connectivity index (χ2v) is 4.39. The van der Waals surface area contributed by atoms with E-state index >= 15 is 0 Å². The van der Waals surface area contributed by atoms with Crippen LogP contribution in [0.5, 0.6) is 0 Å². The Hall–Kier alpha value is -1.06. The van der Waals surface area contributed by atoms with Crippen molar-refractivity contribution >= 4 is 49.6 Å². The molecule has 74 valence electrons. The number of hydrogen-bond acceptors (Lipinski definition) is 2. The van der Waals surface area contributed by atoms with Crippen LogP contribution >= 0.6 is 27.5 Å². The number of furan rings is 1. The number of benzene rings is 1. The maximum absolute atomic E-state index is 6.04. The van der Waals surface area contributed by atoms with Crippen LogP contribution in [0.3, 0.4) is 0 Å². The first-order valence-electron chi connectivity index (χ1n) is 4.38. The molecule has 1 aromatic carbocycles. The highest BCUT2D eigenvalue weighted by Crippen LogP contribution is 2.37. The molecule has 3 rings (SSSR count). The third-order valence-corrected chi connectivity index (χ3v) is 3.67. The van der Waals surface area contributed by atoms with Gasteiger partial charge in [0.15, 0.2) is 0 Å². The molecule has 0 spiro atoms. The molecule has 0 fully saturated rings. The largest absolute Gasteiger partial charge is 0.438 e. The Balaban J connectivity index is 2.63. The Morgan fingerprint density at radius 1 is 1.27 bits per heavy atom. The standard InChI is InChI=1S/C11H5BrClNO/c12-10-7(13)3-4-8-9(10)6-2-1-5-14-11(6)15-8/h1-5H. The number of fused-ring (bicyclic) bond motifs is 3. The molecule has 15 heavy (non-hydrogen) atoms. The monoisotopic (exact) mass is 281 g/mol. The van der Waals surface area contributed by atoms with Crippen molar-refractivity contribution in [2.75, 3.05) is 0 Å². The normalized spacial score (nSPS) is 11.3. The van der Waals surface area contributed by atoms with E-state index in [2.05, 4.69) is 20.9 Å².